The molecule has 1 heterocycles. The maximum Gasteiger partial charge on any atom is 0.255 e. The molecule has 0 aliphatic carbocycles. The summed E-state index contributed by atoms with van der Waals surface area (Å²) in [5, 5.41) is 7.60. The number of carbonyl (C=O) groups excluding carboxylic acids is 1. The molecule has 30 heavy (non-hydrogen) atoms. The van der Waals surface area contributed by atoms with E-state index in [-0.39, 0.29) is 11.9 Å². The molecule has 0 bridgehead atoms. The van der Waals surface area contributed by atoms with E-state index in [4.69, 9.17) is 4.74 Å². The van der Waals surface area contributed by atoms with Crippen molar-refractivity contribution in [3.63, 3.8) is 0 Å². The minimum absolute atomic E-state index is 0.167. The quantitative estimate of drug-likeness (QED) is 0.513. The Morgan fingerprint density at radius 3 is 2.13 bits per heavy atom. The smallest absolute Gasteiger partial charge is 0.255 e. The molecule has 1 aromatic heterocycles. The molecular weight excluding hydrogens is 374 g/mol. The number of rotatable bonds is 6. The fraction of sp³-hybridized carbons (Fsp3) is 0.120. The van der Waals surface area contributed by atoms with E-state index in [1.807, 2.05) is 91.9 Å². The van der Waals surface area contributed by atoms with Gasteiger partial charge in [0.1, 0.15) is 5.75 Å². The van der Waals surface area contributed by atoms with Crippen molar-refractivity contribution >= 4 is 5.91 Å². The second kappa shape index (κ2) is 8.66. The zero-order chi connectivity index (χ0) is 20.9. The molecule has 1 N–H and O–H groups in total. The van der Waals surface area contributed by atoms with E-state index in [1.165, 1.54) is 0 Å². The monoisotopic (exact) mass is 397 g/mol. The van der Waals surface area contributed by atoms with Gasteiger partial charge in [-0.1, -0.05) is 60.7 Å². The summed E-state index contributed by atoms with van der Waals surface area (Å²) in [5.41, 5.74) is 4.24. The van der Waals surface area contributed by atoms with Crippen molar-refractivity contribution in [3.8, 4) is 11.4 Å². The van der Waals surface area contributed by atoms with Crippen LogP contribution in [-0.2, 0) is 0 Å². The summed E-state index contributed by atoms with van der Waals surface area (Å²) in [7, 11) is 1.64. The van der Waals surface area contributed by atoms with Crippen molar-refractivity contribution in [2.75, 3.05) is 7.11 Å². The summed E-state index contributed by atoms with van der Waals surface area (Å²) in [6.45, 7) is 1.90. The van der Waals surface area contributed by atoms with Crippen LogP contribution in [0.15, 0.2) is 91.1 Å². The zero-order valence-electron chi connectivity index (χ0n) is 16.9. The van der Waals surface area contributed by atoms with E-state index >= 15 is 0 Å². The van der Waals surface area contributed by atoms with Crippen molar-refractivity contribution in [1.29, 1.82) is 0 Å². The number of aromatic nitrogens is 2. The van der Waals surface area contributed by atoms with Gasteiger partial charge in [-0.25, -0.2) is 4.68 Å². The lowest BCUT2D eigenvalue weighted by atomic mass is 9.98. The van der Waals surface area contributed by atoms with Crippen LogP contribution in [0.1, 0.15) is 33.2 Å². The molecule has 5 nitrogen and oxygen atoms in total. The van der Waals surface area contributed by atoms with Crippen LogP contribution >= 0.6 is 0 Å². The molecule has 150 valence electrons. The van der Waals surface area contributed by atoms with E-state index in [2.05, 4.69) is 10.4 Å². The van der Waals surface area contributed by atoms with Gasteiger partial charge < -0.3 is 10.1 Å². The first-order chi connectivity index (χ1) is 14.7. The van der Waals surface area contributed by atoms with Crippen LogP contribution in [0.2, 0.25) is 0 Å². The third-order valence-electron chi connectivity index (χ3n) is 5.11. The van der Waals surface area contributed by atoms with Gasteiger partial charge in [-0.3, -0.25) is 4.79 Å². The number of nitrogens with zero attached hydrogens (tertiary/aromatic N) is 2. The van der Waals surface area contributed by atoms with Crippen LogP contribution in [-0.4, -0.2) is 22.8 Å². The molecule has 4 aromatic rings. The highest BCUT2D eigenvalue weighted by Gasteiger charge is 2.21. The van der Waals surface area contributed by atoms with Gasteiger partial charge in [0.05, 0.1) is 36.3 Å². The van der Waals surface area contributed by atoms with Gasteiger partial charge in [0.2, 0.25) is 0 Å². The van der Waals surface area contributed by atoms with Gasteiger partial charge in [0.15, 0.2) is 0 Å². The van der Waals surface area contributed by atoms with E-state index in [0.717, 1.165) is 28.3 Å². The summed E-state index contributed by atoms with van der Waals surface area (Å²) in [5.74, 6) is 0.608. The number of carbonyl (C=O) groups is 1. The lowest BCUT2D eigenvalue weighted by Gasteiger charge is -2.20. The van der Waals surface area contributed by atoms with Crippen LogP contribution in [0.5, 0.6) is 5.75 Å². The van der Waals surface area contributed by atoms with Gasteiger partial charge in [-0.05, 0) is 42.3 Å². The molecule has 0 spiro atoms. The molecule has 0 fully saturated rings. The normalized spacial score (nSPS) is 11.7. The average Bonchev–Trinajstić information content (AvgIpc) is 3.20. The molecule has 5 heteroatoms. The highest BCUT2D eigenvalue weighted by atomic mass is 16.5. The molecule has 1 atom stereocenters. The summed E-state index contributed by atoms with van der Waals surface area (Å²) >= 11 is 0. The molecule has 0 saturated heterocycles. The number of hydrogen-bond acceptors (Lipinski definition) is 3. The van der Waals surface area contributed by atoms with Crippen molar-refractivity contribution in [1.82, 2.24) is 15.1 Å². The van der Waals surface area contributed by atoms with Gasteiger partial charge in [0, 0.05) is 0 Å². The Labute approximate surface area is 175 Å². The summed E-state index contributed by atoms with van der Waals surface area (Å²) in [6, 6.07) is 27.1. The lowest BCUT2D eigenvalue weighted by molar-refractivity contribution is 0.0942. The first-order valence-electron chi connectivity index (χ1n) is 9.77. The Hall–Kier alpha value is -3.86. The highest BCUT2D eigenvalue weighted by molar-refractivity contribution is 5.95. The van der Waals surface area contributed by atoms with Gasteiger partial charge in [-0.15, -0.1) is 0 Å². The minimum Gasteiger partial charge on any atom is -0.497 e. The fourth-order valence-electron chi connectivity index (χ4n) is 3.47. The van der Waals surface area contributed by atoms with E-state index in [9.17, 15) is 4.79 Å². The molecule has 0 radical (unpaired) electrons. The number of nitrogens with one attached hydrogen (secondary N) is 1. The van der Waals surface area contributed by atoms with Gasteiger partial charge >= 0.3 is 0 Å². The second-order valence-electron chi connectivity index (χ2n) is 6.98. The van der Waals surface area contributed by atoms with Crippen LogP contribution in [0.3, 0.4) is 0 Å². The number of amides is 1. The standard InChI is InChI=1S/C25H23N3O2/c1-18-23(17-26-28(18)21-11-7-4-8-12-21)25(29)27-24(19-9-5-3-6-10-19)20-13-15-22(30-2)16-14-20/h3-17,24H,1-2H3,(H,27,29). The third-order valence-corrected chi connectivity index (χ3v) is 5.11. The number of para-hydroxylation sites is 1. The number of ether oxygens (including phenoxy) is 1. The predicted molar refractivity (Wildman–Crippen MR) is 117 cm³/mol. The maximum absolute atomic E-state index is 13.2. The van der Waals surface area contributed by atoms with Gasteiger partial charge in [0.25, 0.3) is 5.91 Å². The number of hydrogen-bond donors (Lipinski definition) is 1. The zero-order valence-corrected chi connectivity index (χ0v) is 16.9. The maximum atomic E-state index is 13.2. The topological polar surface area (TPSA) is 56.1 Å². The number of benzene rings is 3. The Morgan fingerprint density at radius 2 is 1.50 bits per heavy atom. The highest BCUT2D eigenvalue weighted by Crippen LogP contribution is 2.25. The van der Waals surface area contributed by atoms with Crippen molar-refractivity contribution in [3.05, 3.63) is 114 Å². The Bertz CT molecular complexity index is 1120. The second-order valence-corrected chi connectivity index (χ2v) is 6.98. The number of methoxy groups -OCH3 is 1. The van der Waals surface area contributed by atoms with E-state index in [1.54, 1.807) is 18.0 Å². The van der Waals surface area contributed by atoms with Crippen LogP contribution in [0.25, 0.3) is 5.69 Å². The van der Waals surface area contributed by atoms with Crippen molar-refractivity contribution in [2.24, 2.45) is 0 Å². The Balaban J connectivity index is 1.65. The van der Waals surface area contributed by atoms with Crippen molar-refractivity contribution in [2.45, 2.75) is 13.0 Å². The SMILES string of the molecule is COc1ccc(C(NC(=O)c2cnn(-c3ccccc3)c2C)c2ccccc2)cc1. The van der Waals surface area contributed by atoms with Gasteiger partial charge in [-0.2, -0.15) is 5.10 Å². The fourth-order valence-corrected chi connectivity index (χ4v) is 3.47. The minimum atomic E-state index is -0.288. The van der Waals surface area contributed by atoms with Crippen LogP contribution < -0.4 is 10.1 Å². The predicted octanol–water partition coefficient (Wildman–Crippen LogP) is 4.71. The van der Waals surface area contributed by atoms with Crippen LogP contribution in [0.4, 0.5) is 0 Å². The first-order valence-corrected chi connectivity index (χ1v) is 9.77. The van der Waals surface area contributed by atoms with Crippen molar-refractivity contribution < 1.29 is 9.53 Å². The molecular formula is C25H23N3O2. The summed E-state index contributed by atoms with van der Waals surface area (Å²) in [6.07, 6.45) is 1.62. The molecule has 0 aliphatic rings. The average molecular weight is 397 g/mol. The third kappa shape index (κ3) is 3.96. The lowest BCUT2D eigenvalue weighted by Crippen LogP contribution is -2.29. The molecule has 1 amide bonds. The largest absolute Gasteiger partial charge is 0.497 e. The molecule has 1 unspecified atom stereocenters. The van der Waals surface area contributed by atoms with E-state index < -0.39 is 0 Å². The summed E-state index contributed by atoms with van der Waals surface area (Å²) in [4.78, 5) is 13.2. The molecule has 4 rings (SSSR count). The first kappa shape index (κ1) is 19.5. The molecule has 0 saturated carbocycles. The molecule has 0 aliphatic heterocycles. The van der Waals surface area contributed by atoms with Crippen LogP contribution in [0, 0.1) is 6.92 Å². The summed E-state index contributed by atoms with van der Waals surface area (Å²) < 4.78 is 7.04. The Kier molecular flexibility index (Phi) is 5.61. The Morgan fingerprint density at radius 1 is 0.900 bits per heavy atom. The molecule has 3 aromatic carbocycles. The van der Waals surface area contributed by atoms with E-state index in [0.29, 0.717) is 5.56 Å².